The van der Waals surface area contributed by atoms with E-state index >= 15 is 0 Å². The van der Waals surface area contributed by atoms with E-state index in [0.717, 1.165) is 22.8 Å². The summed E-state index contributed by atoms with van der Waals surface area (Å²) in [7, 11) is 0. The van der Waals surface area contributed by atoms with Crippen LogP contribution in [0.15, 0.2) is 29.2 Å². The second-order valence-corrected chi connectivity index (χ2v) is 5.44. The van der Waals surface area contributed by atoms with Gasteiger partial charge in [-0.3, -0.25) is 0 Å². The Morgan fingerprint density at radius 1 is 1.33 bits per heavy atom. The summed E-state index contributed by atoms with van der Waals surface area (Å²) in [4.78, 5) is 1.10. The van der Waals surface area contributed by atoms with Gasteiger partial charge >= 0.3 is 0 Å². The van der Waals surface area contributed by atoms with Crippen LogP contribution in [0.2, 0.25) is 5.02 Å². The molecule has 1 nitrogen and oxygen atoms in total. The molecule has 78 valence electrons. The van der Waals surface area contributed by atoms with Crippen LogP contribution in [0.4, 0.5) is 0 Å². The van der Waals surface area contributed by atoms with Crippen molar-refractivity contribution in [1.82, 2.24) is 0 Å². The average Bonchev–Trinajstić information content (AvgIpc) is 2.69. The van der Waals surface area contributed by atoms with Gasteiger partial charge in [0.1, 0.15) is 0 Å². The fraction of sp³-hybridized carbons (Fsp3) is 0.417. The van der Waals surface area contributed by atoms with Gasteiger partial charge in [0.25, 0.3) is 0 Å². The first kappa shape index (κ1) is 10.9. The molecule has 2 rings (SSSR count). The van der Waals surface area contributed by atoms with Gasteiger partial charge in [-0.15, -0.1) is 11.8 Å². The van der Waals surface area contributed by atoms with Crippen LogP contribution in [-0.4, -0.2) is 5.25 Å². The Balaban J connectivity index is 2.09. The zero-order chi connectivity index (χ0) is 10.7. The van der Waals surface area contributed by atoms with E-state index in [0.29, 0.717) is 5.25 Å². The van der Waals surface area contributed by atoms with Gasteiger partial charge in [0.15, 0.2) is 0 Å². The van der Waals surface area contributed by atoms with E-state index in [1.807, 2.05) is 24.3 Å². The lowest BCUT2D eigenvalue weighted by molar-refractivity contribution is 0.714. The predicted octanol–water partition coefficient (Wildman–Crippen LogP) is 4.12. The third-order valence-electron chi connectivity index (χ3n) is 2.73. The van der Waals surface area contributed by atoms with Gasteiger partial charge in [-0.2, -0.15) is 5.26 Å². The molecule has 0 spiro atoms. The third-order valence-corrected chi connectivity index (χ3v) is 4.65. The van der Waals surface area contributed by atoms with Crippen LogP contribution in [-0.2, 0) is 0 Å². The highest BCUT2D eigenvalue weighted by Crippen LogP contribution is 2.40. The number of nitriles is 1. The molecule has 1 aliphatic carbocycles. The van der Waals surface area contributed by atoms with Crippen LogP contribution in [0.5, 0.6) is 0 Å². The van der Waals surface area contributed by atoms with Gasteiger partial charge < -0.3 is 0 Å². The number of thioether (sulfide) groups is 1. The Morgan fingerprint density at radius 2 is 2.13 bits per heavy atom. The molecule has 3 heteroatoms. The second kappa shape index (κ2) is 4.92. The van der Waals surface area contributed by atoms with Gasteiger partial charge in [0, 0.05) is 10.1 Å². The maximum Gasteiger partial charge on any atom is 0.0667 e. The average molecular weight is 238 g/mol. The summed E-state index contributed by atoms with van der Waals surface area (Å²) in [5.74, 6) is 0.200. The highest BCUT2D eigenvalue weighted by Gasteiger charge is 2.28. The lowest BCUT2D eigenvalue weighted by Crippen LogP contribution is -2.07. The third kappa shape index (κ3) is 2.48. The molecule has 0 aromatic heterocycles. The number of hydrogen-bond acceptors (Lipinski definition) is 2. The summed E-state index contributed by atoms with van der Waals surface area (Å²) in [5, 5.41) is 10.2. The number of rotatable bonds is 2. The van der Waals surface area contributed by atoms with Crippen LogP contribution in [0.25, 0.3) is 0 Å². The second-order valence-electron chi connectivity index (χ2n) is 3.75. The molecule has 0 amide bonds. The zero-order valence-electron chi connectivity index (χ0n) is 8.32. The van der Waals surface area contributed by atoms with Crippen molar-refractivity contribution >= 4 is 23.4 Å². The molecule has 0 saturated heterocycles. The lowest BCUT2D eigenvalue weighted by atomic mass is 10.1. The Labute approximate surface area is 99.4 Å². The maximum atomic E-state index is 8.99. The monoisotopic (exact) mass is 237 g/mol. The fourth-order valence-electron chi connectivity index (χ4n) is 1.92. The lowest BCUT2D eigenvalue weighted by Gasteiger charge is -2.13. The number of nitrogens with zero attached hydrogens (tertiary/aromatic N) is 1. The fourth-order valence-corrected chi connectivity index (χ4v) is 3.50. The van der Waals surface area contributed by atoms with Gasteiger partial charge in [-0.25, -0.2) is 0 Å². The van der Waals surface area contributed by atoms with Crippen molar-refractivity contribution in [3.63, 3.8) is 0 Å². The molecule has 0 radical (unpaired) electrons. The first-order valence-corrected chi connectivity index (χ1v) is 6.38. The normalized spacial score (nSPS) is 25.1. The summed E-state index contributed by atoms with van der Waals surface area (Å²) in [5.41, 5.74) is 0. The molecule has 1 saturated carbocycles. The summed E-state index contributed by atoms with van der Waals surface area (Å²) in [6, 6.07) is 10.2. The molecule has 0 N–H and O–H groups in total. The van der Waals surface area contributed by atoms with Gasteiger partial charge in [0.2, 0.25) is 0 Å². The van der Waals surface area contributed by atoms with Crippen LogP contribution in [0, 0.1) is 17.2 Å². The minimum atomic E-state index is 0.200. The van der Waals surface area contributed by atoms with E-state index in [2.05, 4.69) is 6.07 Å². The van der Waals surface area contributed by atoms with Crippen molar-refractivity contribution < 1.29 is 0 Å². The van der Waals surface area contributed by atoms with Crippen molar-refractivity contribution in [1.29, 1.82) is 5.26 Å². The molecule has 0 aliphatic heterocycles. The standard InChI is InChI=1S/C12H12ClNS/c13-10-5-1-2-6-12(10)15-11-7-3-4-9(11)8-14/h1-2,5-6,9,11H,3-4,7H2. The highest BCUT2D eigenvalue weighted by molar-refractivity contribution is 8.00. The van der Waals surface area contributed by atoms with E-state index in [1.54, 1.807) is 11.8 Å². The number of halogens is 1. The molecule has 0 heterocycles. The van der Waals surface area contributed by atoms with E-state index in [-0.39, 0.29) is 5.92 Å². The first-order chi connectivity index (χ1) is 7.31. The van der Waals surface area contributed by atoms with Gasteiger partial charge in [-0.1, -0.05) is 30.2 Å². The van der Waals surface area contributed by atoms with Gasteiger partial charge in [0.05, 0.1) is 17.0 Å². The van der Waals surface area contributed by atoms with Crippen LogP contribution >= 0.6 is 23.4 Å². The molecular weight excluding hydrogens is 226 g/mol. The largest absolute Gasteiger partial charge is 0.198 e. The highest BCUT2D eigenvalue weighted by atomic mass is 35.5. The molecule has 2 atom stereocenters. The molecule has 1 aromatic rings. The molecular formula is C12H12ClNS. The van der Waals surface area contributed by atoms with E-state index < -0.39 is 0 Å². The topological polar surface area (TPSA) is 23.8 Å². The Kier molecular flexibility index (Phi) is 3.56. The van der Waals surface area contributed by atoms with E-state index in [4.69, 9.17) is 16.9 Å². The van der Waals surface area contributed by atoms with Gasteiger partial charge in [-0.05, 0) is 25.0 Å². The number of hydrogen-bond donors (Lipinski definition) is 0. The Hall–Kier alpha value is -0.650. The summed E-state index contributed by atoms with van der Waals surface area (Å²) < 4.78 is 0. The van der Waals surface area contributed by atoms with Crippen molar-refractivity contribution in [3.8, 4) is 6.07 Å². The summed E-state index contributed by atoms with van der Waals surface area (Å²) in [6.07, 6.45) is 3.34. The molecule has 2 unspecified atom stereocenters. The zero-order valence-corrected chi connectivity index (χ0v) is 9.89. The molecule has 1 aliphatic rings. The van der Waals surface area contributed by atoms with Crippen LogP contribution in [0.3, 0.4) is 0 Å². The minimum Gasteiger partial charge on any atom is -0.198 e. The smallest absolute Gasteiger partial charge is 0.0667 e. The summed E-state index contributed by atoms with van der Waals surface area (Å²) >= 11 is 7.85. The maximum absolute atomic E-state index is 8.99. The van der Waals surface area contributed by atoms with Crippen molar-refractivity contribution in [3.05, 3.63) is 29.3 Å². The summed E-state index contributed by atoms with van der Waals surface area (Å²) in [6.45, 7) is 0. The van der Waals surface area contributed by atoms with Crippen LogP contribution in [0.1, 0.15) is 19.3 Å². The Bertz CT molecular complexity index is 385. The first-order valence-electron chi connectivity index (χ1n) is 5.12. The van der Waals surface area contributed by atoms with Crippen molar-refractivity contribution in [2.24, 2.45) is 5.92 Å². The number of benzene rings is 1. The molecule has 0 bridgehead atoms. The Morgan fingerprint density at radius 3 is 2.87 bits per heavy atom. The van der Waals surface area contributed by atoms with Crippen molar-refractivity contribution in [2.75, 3.05) is 0 Å². The molecule has 15 heavy (non-hydrogen) atoms. The quantitative estimate of drug-likeness (QED) is 0.773. The minimum absolute atomic E-state index is 0.200. The van der Waals surface area contributed by atoms with Crippen molar-refractivity contribution in [2.45, 2.75) is 29.4 Å². The van der Waals surface area contributed by atoms with E-state index in [9.17, 15) is 0 Å². The van der Waals surface area contributed by atoms with Crippen LogP contribution < -0.4 is 0 Å². The SMILES string of the molecule is N#CC1CCCC1Sc1ccccc1Cl. The molecule has 1 aromatic carbocycles. The molecule has 1 fully saturated rings. The predicted molar refractivity (Wildman–Crippen MR) is 64.1 cm³/mol. The van der Waals surface area contributed by atoms with E-state index in [1.165, 1.54) is 6.42 Å².